The number of carbonyl (C=O) groups is 1. The molecule has 0 aliphatic carbocycles. The first-order chi connectivity index (χ1) is 12.4. The molecule has 3 aromatic rings. The Balaban J connectivity index is 1.79. The molecule has 5 nitrogen and oxygen atoms in total. The molecule has 0 unspecified atom stereocenters. The molecule has 0 bridgehead atoms. The summed E-state index contributed by atoms with van der Waals surface area (Å²) in [5.41, 5.74) is 2.47. The van der Waals surface area contributed by atoms with E-state index in [1.54, 1.807) is 36.4 Å². The average molecular weight is 388 g/mol. The fourth-order valence-corrected chi connectivity index (χ4v) is 2.73. The fourth-order valence-electron chi connectivity index (χ4n) is 2.35. The van der Waals surface area contributed by atoms with Gasteiger partial charge in [0.05, 0.1) is 10.6 Å². The van der Waals surface area contributed by atoms with E-state index in [0.29, 0.717) is 27.0 Å². The minimum Gasteiger partial charge on any atom is -0.424 e. The van der Waals surface area contributed by atoms with E-state index >= 15 is 0 Å². The summed E-state index contributed by atoms with van der Waals surface area (Å²) in [5.74, 6) is 0.141. The van der Waals surface area contributed by atoms with Crippen molar-refractivity contribution < 1.29 is 9.53 Å². The topological polar surface area (TPSA) is 64.1 Å². The first-order valence-electron chi connectivity index (χ1n) is 7.77. The average Bonchev–Trinajstić information content (AvgIpc) is 2.56. The van der Waals surface area contributed by atoms with E-state index < -0.39 is 0 Å². The van der Waals surface area contributed by atoms with Gasteiger partial charge in [0.15, 0.2) is 0 Å². The van der Waals surface area contributed by atoms with Gasteiger partial charge in [0, 0.05) is 28.2 Å². The van der Waals surface area contributed by atoms with E-state index in [1.807, 2.05) is 19.9 Å². The minimum absolute atomic E-state index is 0.254. The quantitative estimate of drug-likeness (QED) is 0.646. The molecular weight excluding hydrogens is 373 g/mol. The van der Waals surface area contributed by atoms with Gasteiger partial charge in [-0.25, -0.2) is 9.97 Å². The zero-order valence-corrected chi connectivity index (χ0v) is 15.6. The molecule has 0 atom stereocenters. The van der Waals surface area contributed by atoms with Gasteiger partial charge in [-0.1, -0.05) is 29.3 Å². The van der Waals surface area contributed by atoms with Crippen molar-refractivity contribution in [2.75, 3.05) is 5.32 Å². The Morgan fingerprint density at radius 2 is 1.73 bits per heavy atom. The van der Waals surface area contributed by atoms with Crippen LogP contribution in [0, 0.1) is 13.8 Å². The number of anilines is 1. The fraction of sp³-hybridized carbons (Fsp3) is 0.105. The van der Waals surface area contributed by atoms with Crippen LogP contribution in [0.4, 0.5) is 5.69 Å². The number of hydrogen-bond donors (Lipinski definition) is 1. The summed E-state index contributed by atoms with van der Waals surface area (Å²) in [4.78, 5) is 20.9. The van der Waals surface area contributed by atoms with E-state index in [0.717, 1.165) is 11.4 Å². The zero-order chi connectivity index (χ0) is 18.7. The van der Waals surface area contributed by atoms with Crippen molar-refractivity contribution in [3.63, 3.8) is 0 Å². The van der Waals surface area contributed by atoms with Gasteiger partial charge in [-0.15, -0.1) is 0 Å². The van der Waals surface area contributed by atoms with Crippen LogP contribution in [0.2, 0.25) is 10.0 Å². The molecule has 26 heavy (non-hydrogen) atoms. The highest BCUT2D eigenvalue weighted by Crippen LogP contribution is 2.25. The number of rotatable bonds is 4. The Hall–Kier alpha value is -2.63. The first-order valence-corrected chi connectivity index (χ1v) is 8.53. The van der Waals surface area contributed by atoms with Crippen molar-refractivity contribution in [3.05, 3.63) is 75.5 Å². The molecule has 0 fully saturated rings. The summed E-state index contributed by atoms with van der Waals surface area (Å²) in [7, 11) is 0. The summed E-state index contributed by atoms with van der Waals surface area (Å²) in [5, 5.41) is 3.53. The lowest BCUT2D eigenvalue weighted by atomic mass is 10.2. The lowest BCUT2D eigenvalue weighted by Crippen LogP contribution is -2.12. The van der Waals surface area contributed by atoms with Crippen LogP contribution in [-0.2, 0) is 0 Å². The second-order valence-electron chi connectivity index (χ2n) is 5.64. The van der Waals surface area contributed by atoms with Gasteiger partial charge in [-0.2, -0.15) is 0 Å². The van der Waals surface area contributed by atoms with Crippen LogP contribution in [0.15, 0.2) is 48.5 Å². The number of nitrogens with zero attached hydrogens (tertiary/aromatic N) is 2. The molecule has 3 rings (SSSR count). The summed E-state index contributed by atoms with van der Waals surface area (Å²) >= 11 is 12.0. The van der Waals surface area contributed by atoms with Gasteiger partial charge in [0.1, 0.15) is 5.75 Å². The zero-order valence-electron chi connectivity index (χ0n) is 14.1. The van der Waals surface area contributed by atoms with Gasteiger partial charge in [-0.05, 0) is 50.2 Å². The molecule has 0 aliphatic rings. The Morgan fingerprint density at radius 3 is 2.46 bits per heavy atom. The van der Waals surface area contributed by atoms with Crippen LogP contribution in [0.3, 0.4) is 0 Å². The van der Waals surface area contributed by atoms with Gasteiger partial charge >= 0.3 is 6.01 Å². The molecule has 0 radical (unpaired) electrons. The number of nitrogens with one attached hydrogen (secondary N) is 1. The number of amides is 1. The van der Waals surface area contributed by atoms with E-state index in [4.69, 9.17) is 27.9 Å². The third kappa shape index (κ3) is 4.50. The number of aromatic nitrogens is 2. The lowest BCUT2D eigenvalue weighted by molar-refractivity contribution is 0.102. The summed E-state index contributed by atoms with van der Waals surface area (Å²) in [6.07, 6.45) is 0. The van der Waals surface area contributed by atoms with Crippen molar-refractivity contribution >= 4 is 34.8 Å². The normalized spacial score (nSPS) is 10.5. The summed E-state index contributed by atoms with van der Waals surface area (Å²) < 4.78 is 5.69. The number of benzene rings is 2. The molecule has 0 aliphatic heterocycles. The number of carbonyl (C=O) groups excluding carboxylic acids is 1. The third-order valence-electron chi connectivity index (χ3n) is 3.44. The van der Waals surface area contributed by atoms with Crippen LogP contribution in [0.5, 0.6) is 11.8 Å². The van der Waals surface area contributed by atoms with Gasteiger partial charge in [0.2, 0.25) is 0 Å². The van der Waals surface area contributed by atoms with Crippen molar-refractivity contribution in [2.24, 2.45) is 0 Å². The molecule has 1 aromatic heterocycles. The minimum atomic E-state index is -0.364. The Labute approximate surface area is 161 Å². The predicted molar refractivity (Wildman–Crippen MR) is 102 cm³/mol. The maximum absolute atomic E-state index is 12.4. The number of aryl methyl sites for hydroxylation is 2. The van der Waals surface area contributed by atoms with E-state index in [1.165, 1.54) is 6.07 Å². The van der Waals surface area contributed by atoms with Crippen molar-refractivity contribution in [1.82, 2.24) is 9.97 Å². The Morgan fingerprint density at radius 1 is 1.00 bits per heavy atom. The number of halogens is 2. The van der Waals surface area contributed by atoms with E-state index in [9.17, 15) is 4.79 Å². The predicted octanol–water partition coefficient (Wildman–Crippen LogP) is 5.44. The molecule has 2 aromatic carbocycles. The second-order valence-corrected chi connectivity index (χ2v) is 6.49. The van der Waals surface area contributed by atoms with Crippen molar-refractivity contribution in [3.8, 4) is 11.8 Å². The van der Waals surface area contributed by atoms with Crippen LogP contribution < -0.4 is 10.1 Å². The smallest absolute Gasteiger partial charge is 0.322 e. The van der Waals surface area contributed by atoms with E-state index in [2.05, 4.69) is 15.3 Å². The Kier molecular flexibility index (Phi) is 5.40. The van der Waals surface area contributed by atoms with Crippen molar-refractivity contribution in [1.29, 1.82) is 0 Å². The van der Waals surface area contributed by atoms with Gasteiger partial charge < -0.3 is 10.1 Å². The molecular formula is C19H15Cl2N3O2. The maximum Gasteiger partial charge on any atom is 0.322 e. The molecule has 0 saturated heterocycles. The molecule has 0 saturated carbocycles. The van der Waals surface area contributed by atoms with Crippen LogP contribution >= 0.6 is 23.2 Å². The molecule has 1 heterocycles. The molecule has 7 heteroatoms. The lowest BCUT2D eigenvalue weighted by Gasteiger charge is -2.10. The van der Waals surface area contributed by atoms with Crippen LogP contribution in [0.25, 0.3) is 0 Å². The third-order valence-corrected chi connectivity index (χ3v) is 4.00. The summed E-state index contributed by atoms with van der Waals surface area (Å²) in [6, 6.07) is 13.8. The number of hydrogen-bond acceptors (Lipinski definition) is 4. The molecule has 0 spiro atoms. The number of ether oxygens (including phenoxy) is 1. The SMILES string of the molecule is Cc1cc(C)nc(Oc2cccc(NC(=O)c3cc(Cl)ccc3Cl)c2)n1. The highest BCUT2D eigenvalue weighted by Gasteiger charge is 2.12. The van der Waals surface area contributed by atoms with Crippen molar-refractivity contribution in [2.45, 2.75) is 13.8 Å². The maximum atomic E-state index is 12.4. The monoisotopic (exact) mass is 387 g/mol. The van der Waals surface area contributed by atoms with Crippen LogP contribution in [0.1, 0.15) is 21.7 Å². The highest BCUT2D eigenvalue weighted by molar-refractivity contribution is 6.36. The molecule has 1 N–H and O–H groups in total. The standard InChI is InChI=1S/C19H15Cl2N3O2/c1-11-8-12(2)23-19(22-11)26-15-5-3-4-14(10-15)24-18(25)16-9-13(20)6-7-17(16)21/h3-10H,1-2H3,(H,24,25). The second kappa shape index (κ2) is 7.72. The largest absolute Gasteiger partial charge is 0.424 e. The van der Waals surface area contributed by atoms with E-state index in [-0.39, 0.29) is 11.9 Å². The Bertz CT molecular complexity index is 956. The first kappa shape index (κ1) is 18.2. The molecule has 132 valence electrons. The van der Waals surface area contributed by atoms with Gasteiger partial charge in [0.25, 0.3) is 5.91 Å². The summed E-state index contributed by atoms with van der Waals surface area (Å²) in [6.45, 7) is 3.74. The highest BCUT2D eigenvalue weighted by atomic mass is 35.5. The van der Waals surface area contributed by atoms with Gasteiger partial charge in [-0.3, -0.25) is 4.79 Å². The molecule has 1 amide bonds. The van der Waals surface area contributed by atoms with Crippen LogP contribution in [-0.4, -0.2) is 15.9 Å².